The van der Waals surface area contributed by atoms with Crippen molar-refractivity contribution in [3.8, 4) is 0 Å². The molecule has 2 aromatic rings. The van der Waals surface area contributed by atoms with Gasteiger partial charge < -0.3 is 23.8 Å². The Kier molecular flexibility index (Phi) is 12.6. The number of rotatable bonds is 13. The number of non-ortho nitro benzene ring substituents is 1. The maximum Gasteiger partial charge on any atom is 0.404 e. The first-order valence-corrected chi connectivity index (χ1v) is 14.4. The van der Waals surface area contributed by atoms with Crippen molar-refractivity contribution in [2.45, 2.75) is 39.0 Å². The molecule has 0 aliphatic rings. The predicted molar refractivity (Wildman–Crippen MR) is 133 cm³/mol. The average Bonchev–Trinajstić information content (AvgIpc) is 2.85. The summed E-state index contributed by atoms with van der Waals surface area (Å²) in [7, 11) is -9.22. The first-order chi connectivity index (χ1) is 17.7. The normalized spacial score (nSPS) is 12.5. The molecule has 0 aromatic heterocycles. The van der Waals surface area contributed by atoms with E-state index in [4.69, 9.17) is 5.73 Å². The zero-order valence-electron chi connectivity index (χ0n) is 21.1. The molecule has 0 amide bonds. The van der Waals surface area contributed by atoms with Crippen LogP contribution in [0.1, 0.15) is 38.8 Å². The minimum absolute atomic E-state index is 0.123. The molecule has 214 valence electrons. The van der Waals surface area contributed by atoms with Gasteiger partial charge in [0.2, 0.25) is 0 Å². The average molecular weight is 588 g/mol. The fourth-order valence-corrected chi connectivity index (χ4v) is 5.95. The fourth-order valence-electron chi connectivity index (χ4n) is 2.86. The van der Waals surface area contributed by atoms with E-state index in [1.165, 1.54) is 39.8 Å². The number of nitrogens with zero attached hydrogens (tertiary/aromatic N) is 1. The number of alkyl halides is 4. The summed E-state index contributed by atoms with van der Waals surface area (Å²) in [5, 5.41) is 10.5. The summed E-state index contributed by atoms with van der Waals surface area (Å²) in [6.07, 6.45) is 0. The van der Waals surface area contributed by atoms with E-state index in [2.05, 4.69) is 18.1 Å². The van der Waals surface area contributed by atoms with E-state index < -0.39 is 42.6 Å². The van der Waals surface area contributed by atoms with Gasteiger partial charge in [-0.1, -0.05) is 12.1 Å². The number of nitro benzene ring substituents is 1. The zero-order valence-corrected chi connectivity index (χ0v) is 22.9. The number of anilines is 1. The third-order valence-corrected chi connectivity index (χ3v) is 8.85. The quantitative estimate of drug-likeness (QED) is 0.0828. The second-order valence-electron chi connectivity index (χ2n) is 7.17. The summed E-state index contributed by atoms with van der Waals surface area (Å²) in [5.41, 5.74) is -3.26. The molecule has 10 nitrogen and oxygen atoms in total. The fraction of sp³-hybridized carbons (Fsp3) is 0.455. The minimum Gasteiger partial charge on any atom is -0.399 e. The number of halogens is 4. The zero-order chi connectivity index (χ0) is 29.2. The molecule has 0 radical (unpaired) electrons. The Morgan fingerprint density at radius 1 is 0.711 bits per heavy atom. The summed E-state index contributed by atoms with van der Waals surface area (Å²) in [5.74, 6) is 0. The number of hydrogen-bond donors (Lipinski definition) is 1. The van der Waals surface area contributed by atoms with Crippen LogP contribution in [-0.4, -0.2) is 31.4 Å². The molecule has 0 heterocycles. The molecule has 0 bridgehead atoms. The number of nitrogen functional groups attached to an aromatic ring is 1. The molecular weight excluding hydrogens is 558 g/mol. The van der Waals surface area contributed by atoms with Crippen LogP contribution >= 0.6 is 15.2 Å². The largest absolute Gasteiger partial charge is 0.404 e. The van der Waals surface area contributed by atoms with Gasteiger partial charge in [0.15, 0.2) is 0 Å². The van der Waals surface area contributed by atoms with Crippen LogP contribution in [-0.2, 0) is 38.6 Å². The van der Waals surface area contributed by atoms with Gasteiger partial charge in [-0.05, 0) is 52.0 Å². The van der Waals surface area contributed by atoms with Gasteiger partial charge in [0.25, 0.3) is 5.69 Å². The summed E-state index contributed by atoms with van der Waals surface area (Å²) in [6.45, 7) is 5.12. The molecule has 0 aliphatic heterocycles. The maximum absolute atomic E-state index is 14.2. The monoisotopic (exact) mass is 588 g/mol. The minimum atomic E-state index is -4.69. The third kappa shape index (κ3) is 7.84. The van der Waals surface area contributed by atoms with Crippen molar-refractivity contribution >= 4 is 26.6 Å². The molecule has 2 aromatic carbocycles. The van der Waals surface area contributed by atoms with Crippen LogP contribution in [0.25, 0.3) is 0 Å². The Morgan fingerprint density at radius 2 is 1.00 bits per heavy atom. The van der Waals surface area contributed by atoms with Gasteiger partial charge in [-0.15, -0.1) is 0 Å². The van der Waals surface area contributed by atoms with Crippen molar-refractivity contribution < 1.29 is 49.7 Å². The Labute approximate surface area is 217 Å². The van der Waals surface area contributed by atoms with Crippen LogP contribution < -0.4 is 5.73 Å². The summed E-state index contributed by atoms with van der Waals surface area (Å²) in [6, 6.07) is 8.33. The molecule has 16 heteroatoms. The second-order valence-corrected chi connectivity index (χ2v) is 11.3. The molecular formula is C22H30F4N2O8P2. The lowest BCUT2D eigenvalue weighted by Crippen LogP contribution is -2.18. The molecule has 0 atom stereocenters. The van der Waals surface area contributed by atoms with E-state index in [1.54, 1.807) is 0 Å². The van der Waals surface area contributed by atoms with Crippen LogP contribution in [0, 0.1) is 10.1 Å². The van der Waals surface area contributed by atoms with Gasteiger partial charge in [0, 0.05) is 28.9 Å². The molecule has 0 saturated carbocycles. The standard InChI is InChI=1S/C11H14F2NO5P.C11H16F2NO3P/c1-3-18-20(17,19-4-2)11(12,13)9-5-7-10(8-6-9)14(15)16;1-3-16-18(15,17-4-2)11(12,13)9-5-7-10(14)8-6-9/h5-8H,3-4H2,1-2H3;5-8H,3-4,14H2,1-2H3. The van der Waals surface area contributed by atoms with Crippen molar-refractivity contribution in [3.63, 3.8) is 0 Å². The Morgan fingerprint density at radius 3 is 1.26 bits per heavy atom. The number of hydrogen-bond acceptors (Lipinski definition) is 9. The van der Waals surface area contributed by atoms with Gasteiger partial charge in [0.1, 0.15) is 0 Å². The lowest BCUT2D eigenvalue weighted by Gasteiger charge is -2.25. The van der Waals surface area contributed by atoms with E-state index >= 15 is 0 Å². The van der Waals surface area contributed by atoms with E-state index in [1.807, 2.05) is 0 Å². The molecule has 2 rings (SSSR count). The predicted octanol–water partition coefficient (Wildman–Crippen LogP) is 7.49. The number of nitrogens with two attached hydrogens (primary N) is 1. The van der Waals surface area contributed by atoms with Crippen molar-refractivity contribution in [2.24, 2.45) is 0 Å². The molecule has 38 heavy (non-hydrogen) atoms. The first-order valence-electron chi connectivity index (χ1n) is 11.3. The lowest BCUT2D eigenvalue weighted by molar-refractivity contribution is -0.384. The highest BCUT2D eigenvalue weighted by Crippen LogP contribution is 2.67. The SMILES string of the molecule is CCOP(=O)(OCC)C(F)(F)c1ccc(N)cc1.CCOP(=O)(OCC)C(F)(F)c1ccc([N+](=O)[O-])cc1. The van der Waals surface area contributed by atoms with Crippen molar-refractivity contribution in [2.75, 3.05) is 32.2 Å². The summed E-state index contributed by atoms with van der Waals surface area (Å²) < 4.78 is 99.6. The Bertz CT molecular complexity index is 1120. The molecule has 0 fully saturated rings. The number of nitro groups is 1. The van der Waals surface area contributed by atoms with Gasteiger partial charge in [0.05, 0.1) is 31.4 Å². The van der Waals surface area contributed by atoms with Crippen LogP contribution in [0.15, 0.2) is 48.5 Å². The molecule has 2 N–H and O–H groups in total. The molecule has 0 aliphatic carbocycles. The van der Waals surface area contributed by atoms with Crippen LogP contribution in [0.2, 0.25) is 0 Å². The van der Waals surface area contributed by atoms with Gasteiger partial charge >= 0.3 is 26.5 Å². The van der Waals surface area contributed by atoms with Gasteiger partial charge in [-0.2, -0.15) is 17.6 Å². The number of benzene rings is 2. The van der Waals surface area contributed by atoms with Crippen molar-refractivity contribution in [3.05, 3.63) is 69.8 Å². The molecule has 0 saturated heterocycles. The highest BCUT2D eigenvalue weighted by Gasteiger charge is 2.55. The van der Waals surface area contributed by atoms with E-state index in [0.29, 0.717) is 5.69 Å². The van der Waals surface area contributed by atoms with Crippen molar-refractivity contribution in [1.82, 2.24) is 0 Å². The van der Waals surface area contributed by atoms with E-state index in [0.717, 1.165) is 36.4 Å². The lowest BCUT2D eigenvalue weighted by atomic mass is 10.2. The summed E-state index contributed by atoms with van der Waals surface area (Å²) >= 11 is 0. The highest BCUT2D eigenvalue weighted by atomic mass is 31.2. The summed E-state index contributed by atoms with van der Waals surface area (Å²) in [4.78, 5) is 9.76. The van der Waals surface area contributed by atoms with Gasteiger partial charge in [-0.3, -0.25) is 19.2 Å². The second kappa shape index (κ2) is 14.2. The Hall–Kier alpha value is -2.34. The topological polar surface area (TPSA) is 140 Å². The van der Waals surface area contributed by atoms with Crippen LogP contribution in [0.4, 0.5) is 28.9 Å². The Balaban J connectivity index is 0.000000382. The highest BCUT2D eigenvalue weighted by molar-refractivity contribution is 7.55. The molecule has 0 unspecified atom stereocenters. The van der Waals surface area contributed by atoms with Crippen molar-refractivity contribution in [1.29, 1.82) is 0 Å². The smallest absolute Gasteiger partial charge is 0.399 e. The third-order valence-electron chi connectivity index (χ3n) is 4.57. The maximum atomic E-state index is 14.2. The van der Waals surface area contributed by atoms with E-state index in [-0.39, 0.29) is 32.1 Å². The van der Waals surface area contributed by atoms with E-state index in [9.17, 15) is 36.8 Å². The van der Waals surface area contributed by atoms with Crippen LogP contribution in [0.5, 0.6) is 0 Å². The van der Waals surface area contributed by atoms with Gasteiger partial charge in [-0.25, -0.2) is 0 Å². The van der Waals surface area contributed by atoms with Crippen LogP contribution in [0.3, 0.4) is 0 Å². The molecule has 0 spiro atoms. The first kappa shape index (κ1) is 33.7.